The molecule has 2 aromatic carbocycles. The van der Waals surface area contributed by atoms with Crippen molar-refractivity contribution in [1.29, 1.82) is 0 Å². The van der Waals surface area contributed by atoms with E-state index in [0.717, 1.165) is 33.6 Å². The van der Waals surface area contributed by atoms with Crippen molar-refractivity contribution in [2.24, 2.45) is 0 Å². The van der Waals surface area contributed by atoms with Gasteiger partial charge in [0.25, 0.3) is 0 Å². The summed E-state index contributed by atoms with van der Waals surface area (Å²) in [5, 5.41) is 10.6. The van der Waals surface area contributed by atoms with Gasteiger partial charge in [-0.25, -0.2) is 4.68 Å². The molecule has 7 nitrogen and oxygen atoms in total. The number of pyridine rings is 1. The lowest BCUT2D eigenvalue weighted by atomic mass is 10.0. The number of nitrogens with one attached hydrogen (secondary N) is 2. The molecule has 0 saturated carbocycles. The number of benzene rings is 2. The predicted octanol–water partition coefficient (Wildman–Crippen LogP) is 4.13. The van der Waals surface area contributed by atoms with Crippen molar-refractivity contribution in [3.8, 4) is 16.9 Å². The van der Waals surface area contributed by atoms with Crippen LogP contribution in [0.3, 0.4) is 0 Å². The molecule has 2 heterocycles. The van der Waals surface area contributed by atoms with Gasteiger partial charge < -0.3 is 10.6 Å². The van der Waals surface area contributed by atoms with E-state index in [-0.39, 0.29) is 18.2 Å². The van der Waals surface area contributed by atoms with Crippen molar-refractivity contribution < 1.29 is 9.59 Å². The minimum Gasteiger partial charge on any atom is -0.352 e. The summed E-state index contributed by atoms with van der Waals surface area (Å²) in [5.74, 6) is -0.338. The first-order valence-corrected chi connectivity index (χ1v) is 11.1. The molecular weight excluding hydrogens is 426 g/mol. The van der Waals surface area contributed by atoms with E-state index in [1.54, 1.807) is 12.4 Å². The summed E-state index contributed by atoms with van der Waals surface area (Å²) in [5.41, 5.74) is 5.53. The zero-order chi connectivity index (χ0) is 23.9. The molecule has 0 aliphatic heterocycles. The molecule has 0 spiro atoms. The summed E-state index contributed by atoms with van der Waals surface area (Å²) in [4.78, 5) is 28.7. The molecule has 0 fully saturated rings. The van der Waals surface area contributed by atoms with Crippen molar-refractivity contribution in [1.82, 2.24) is 25.4 Å². The van der Waals surface area contributed by atoms with Gasteiger partial charge in [0.2, 0.25) is 11.8 Å². The number of rotatable bonds is 8. The minimum atomic E-state index is -0.398. The summed E-state index contributed by atoms with van der Waals surface area (Å²) >= 11 is 0. The zero-order valence-electron chi connectivity index (χ0n) is 19.2. The number of aryl methyl sites for hydroxylation is 1. The SMILES string of the molecule is CC(=O)NC(CC(=O)NCc1cn(-c2ccccc2)nc1-c1ccncc1)c1ccc(C)cc1. The maximum Gasteiger partial charge on any atom is 0.222 e. The fourth-order valence-corrected chi connectivity index (χ4v) is 3.75. The fraction of sp³-hybridized carbons (Fsp3) is 0.185. The van der Waals surface area contributed by atoms with Crippen molar-refractivity contribution in [2.45, 2.75) is 32.9 Å². The van der Waals surface area contributed by atoms with Gasteiger partial charge in [0.05, 0.1) is 23.8 Å². The van der Waals surface area contributed by atoms with Crippen LogP contribution in [0.25, 0.3) is 16.9 Å². The number of hydrogen-bond donors (Lipinski definition) is 2. The van der Waals surface area contributed by atoms with Gasteiger partial charge in [0, 0.05) is 43.2 Å². The Bertz CT molecular complexity index is 1250. The first kappa shape index (κ1) is 22.9. The van der Waals surface area contributed by atoms with E-state index in [1.165, 1.54) is 6.92 Å². The zero-order valence-corrected chi connectivity index (χ0v) is 19.2. The van der Waals surface area contributed by atoms with E-state index in [4.69, 9.17) is 5.10 Å². The molecule has 0 radical (unpaired) electrons. The van der Waals surface area contributed by atoms with Gasteiger partial charge in [-0.15, -0.1) is 0 Å². The first-order valence-electron chi connectivity index (χ1n) is 11.1. The molecule has 0 aliphatic rings. The summed E-state index contributed by atoms with van der Waals surface area (Å²) in [6.45, 7) is 3.77. The maximum atomic E-state index is 12.9. The molecule has 0 bridgehead atoms. The highest BCUT2D eigenvalue weighted by Gasteiger charge is 2.18. The molecule has 4 rings (SSSR count). The minimum absolute atomic E-state index is 0.139. The highest BCUT2D eigenvalue weighted by atomic mass is 16.2. The Balaban J connectivity index is 1.52. The third-order valence-electron chi connectivity index (χ3n) is 5.49. The van der Waals surface area contributed by atoms with Gasteiger partial charge in [-0.2, -0.15) is 5.10 Å². The van der Waals surface area contributed by atoms with Crippen LogP contribution in [0.15, 0.2) is 85.3 Å². The van der Waals surface area contributed by atoms with Crippen molar-refractivity contribution >= 4 is 11.8 Å². The fourth-order valence-electron chi connectivity index (χ4n) is 3.75. The lowest BCUT2D eigenvalue weighted by molar-refractivity contribution is -0.122. The van der Waals surface area contributed by atoms with Crippen LogP contribution in [-0.2, 0) is 16.1 Å². The van der Waals surface area contributed by atoms with Crippen molar-refractivity contribution in [2.75, 3.05) is 0 Å². The van der Waals surface area contributed by atoms with E-state index >= 15 is 0 Å². The first-order chi connectivity index (χ1) is 16.5. The topological polar surface area (TPSA) is 88.9 Å². The van der Waals surface area contributed by atoms with E-state index in [9.17, 15) is 9.59 Å². The molecule has 34 heavy (non-hydrogen) atoms. The summed E-state index contributed by atoms with van der Waals surface area (Å²) < 4.78 is 1.81. The number of carbonyl (C=O) groups is 2. The second-order valence-corrected chi connectivity index (χ2v) is 8.16. The van der Waals surface area contributed by atoms with Crippen LogP contribution in [0.1, 0.15) is 36.1 Å². The van der Waals surface area contributed by atoms with E-state index in [2.05, 4.69) is 15.6 Å². The average Bonchev–Trinajstić information content (AvgIpc) is 3.28. The second kappa shape index (κ2) is 10.6. The van der Waals surface area contributed by atoms with Gasteiger partial charge >= 0.3 is 0 Å². The Hall–Kier alpha value is -4.26. The lowest BCUT2D eigenvalue weighted by Crippen LogP contribution is -2.32. The molecule has 0 saturated heterocycles. The molecule has 2 amide bonds. The van der Waals surface area contributed by atoms with Gasteiger partial charge in [0.15, 0.2) is 0 Å². The lowest BCUT2D eigenvalue weighted by Gasteiger charge is -2.18. The van der Waals surface area contributed by atoms with Crippen molar-refractivity contribution in [3.05, 3.63) is 102 Å². The van der Waals surface area contributed by atoms with Crippen LogP contribution in [0.2, 0.25) is 0 Å². The van der Waals surface area contributed by atoms with E-state index in [1.807, 2.05) is 84.5 Å². The third-order valence-corrected chi connectivity index (χ3v) is 5.49. The third kappa shape index (κ3) is 5.75. The molecule has 4 aromatic rings. The molecule has 172 valence electrons. The van der Waals surface area contributed by atoms with Gasteiger partial charge in [-0.3, -0.25) is 14.6 Å². The monoisotopic (exact) mass is 453 g/mol. The van der Waals surface area contributed by atoms with Gasteiger partial charge in [-0.1, -0.05) is 48.0 Å². The second-order valence-electron chi connectivity index (χ2n) is 8.16. The van der Waals surface area contributed by atoms with Crippen LogP contribution in [0.5, 0.6) is 0 Å². The molecule has 1 unspecified atom stereocenters. The highest BCUT2D eigenvalue weighted by molar-refractivity contribution is 5.79. The quantitative estimate of drug-likeness (QED) is 0.420. The Kier molecular flexibility index (Phi) is 7.13. The molecule has 2 aromatic heterocycles. The Labute approximate surface area is 198 Å². The summed E-state index contributed by atoms with van der Waals surface area (Å²) in [7, 11) is 0. The molecule has 7 heteroatoms. The van der Waals surface area contributed by atoms with Crippen LogP contribution >= 0.6 is 0 Å². The highest BCUT2D eigenvalue weighted by Crippen LogP contribution is 2.24. The van der Waals surface area contributed by atoms with Crippen LogP contribution in [-0.4, -0.2) is 26.6 Å². The largest absolute Gasteiger partial charge is 0.352 e. The number of aromatic nitrogens is 3. The van der Waals surface area contributed by atoms with Crippen LogP contribution < -0.4 is 10.6 Å². The Morgan fingerprint density at radius 1 is 0.971 bits per heavy atom. The predicted molar refractivity (Wildman–Crippen MR) is 131 cm³/mol. The molecule has 0 aliphatic carbocycles. The average molecular weight is 454 g/mol. The number of nitrogens with zero attached hydrogens (tertiary/aromatic N) is 3. The summed E-state index contributed by atoms with van der Waals surface area (Å²) in [6, 6.07) is 21.0. The molecule has 2 N–H and O–H groups in total. The van der Waals surface area contributed by atoms with Crippen LogP contribution in [0, 0.1) is 6.92 Å². The number of amides is 2. The maximum absolute atomic E-state index is 12.9. The van der Waals surface area contributed by atoms with Gasteiger partial charge in [-0.05, 0) is 36.8 Å². The number of para-hydroxylation sites is 1. The standard InChI is InChI=1S/C27H27N5O2/c1-19-8-10-21(11-9-19)25(30-20(2)33)16-26(34)29-17-23-18-32(24-6-4-3-5-7-24)31-27(23)22-12-14-28-15-13-22/h3-15,18,25H,16-17H2,1-2H3,(H,29,34)(H,30,33). The number of hydrogen-bond acceptors (Lipinski definition) is 4. The number of carbonyl (C=O) groups excluding carboxylic acids is 2. The summed E-state index contributed by atoms with van der Waals surface area (Å²) in [6.07, 6.45) is 5.51. The smallest absolute Gasteiger partial charge is 0.222 e. The van der Waals surface area contributed by atoms with Crippen molar-refractivity contribution in [3.63, 3.8) is 0 Å². The molecule has 1 atom stereocenters. The van der Waals surface area contributed by atoms with Crippen LogP contribution in [0.4, 0.5) is 0 Å². The van der Waals surface area contributed by atoms with E-state index < -0.39 is 6.04 Å². The molecular formula is C27H27N5O2. The normalized spacial score (nSPS) is 11.6. The van der Waals surface area contributed by atoms with Gasteiger partial charge in [0.1, 0.15) is 0 Å². The Morgan fingerprint density at radius 2 is 1.68 bits per heavy atom. The Morgan fingerprint density at radius 3 is 2.35 bits per heavy atom. The van der Waals surface area contributed by atoms with E-state index in [0.29, 0.717) is 6.54 Å².